The Morgan fingerprint density at radius 3 is 1.05 bits per heavy atom. The maximum absolute atomic E-state index is 6.01. The van der Waals surface area contributed by atoms with Crippen LogP contribution in [-0.2, 0) is 10.8 Å². The Balaban J connectivity index is 1.14. The maximum Gasteiger partial charge on any atom is 0.248 e. The first kappa shape index (κ1) is 37.6. The Morgan fingerprint density at radius 1 is 0.322 bits per heavy atom. The van der Waals surface area contributed by atoms with Gasteiger partial charge in [0, 0.05) is 33.4 Å². The fourth-order valence-corrected chi connectivity index (χ4v) is 7.56. The zero-order valence-electron chi connectivity index (χ0n) is 34.4. The Hall–Kier alpha value is -6.98. The van der Waals surface area contributed by atoms with Gasteiger partial charge in [-0.1, -0.05) is 187 Å². The van der Waals surface area contributed by atoms with Crippen molar-refractivity contribution in [2.45, 2.75) is 52.4 Å². The van der Waals surface area contributed by atoms with Crippen molar-refractivity contribution in [3.05, 3.63) is 181 Å². The molecule has 0 atom stereocenters. The number of aromatic nitrogens is 4. The highest BCUT2D eigenvalue weighted by Gasteiger charge is 2.21. The smallest absolute Gasteiger partial charge is 0.248 e. The Morgan fingerprint density at radius 2 is 0.644 bits per heavy atom. The lowest BCUT2D eigenvalue weighted by Crippen LogP contribution is -2.10. The first-order valence-corrected chi connectivity index (χ1v) is 20.2. The Labute approximate surface area is 346 Å². The van der Waals surface area contributed by atoms with Gasteiger partial charge >= 0.3 is 0 Å². The van der Waals surface area contributed by atoms with E-state index in [0.717, 1.165) is 78.1 Å². The number of fused-ring (bicyclic) bond motifs is 1. The van der Waals surface area contributed by atoms with Gasteiger partial charge in [-0.2, -0.15) is 0 Å². The fraction of sp³-hybridized carbons (Fsp3) is 0.148. The van der Waals surface area contributed by atoms with E-state index in [1.165, 1.54) is 11.1 Å². The lowest BCUT2D eigenvalue weighted by Gasteiger charge is -2.20. The molecule has 5 heteroatoms. The topological polar surface area (TPSA) is 64.7 Å². The fourth-order valence-electron chi connectivity index (χ4n) is 7.56. The summed E-state index contributed by atoms with van der Waals surface area (Å²) in [7, 11) is 0. The summed E-state index contributed by atoms with van der Waals surface area (Å²) in [5.41, 5.74) is 16.4. The molecule has 0 N–H and O–H groups in total. The minimum Gasteiger partial charge on any atom is -0.416 e. The molecule has 9 rings (SSSR count). The van der Waals surface area contributed by atoms with Gasteiger partial charge in [-0.3, -0.25) is 0 Å². The summed E-state index contributed by atoms with van der Waals surface area (Å²) in [5.74, 6) is 0.993. The van der Waals surface area contributed by atoms with Crippen molar-refractivity contribution in [3.63, 3.8) is 0 Å². The first-order chi connectivity index (χ1) is 28.5. The lowest BCUT2D eigenvalue weighted by molar-refractivity contribution is 0.584. The second kappa shape index (κ2) is 15.1. The summed E-state index contributed by atoms with van der Waals surface area (Å²) >= 11 is 0. The average Bonchev–Trinajstić information content (AvgIpc) is 3.77. The molecular formula is C54H46N4O. The normalized spacial score (nSPS) is 11.9. The van der Waals surface area contributed by atoms with Crippen molar-refractivity contribution in [2.24, 2.45) is 0 Å². The van der Waals surface area contributed by atoms with Crippen molar-refractivity contribution in [3.8, 4) is 78.8 Å². The number of hydrogen-bond acceptors (Lipinski definition) is 5. The zero-order valence-corrected chi connectivity index (χ0v) is 34.4. The molecule has 0 aliphatic carbocycles. The third kappa shape index (κ3) is 7.60. The van der Waals surface area contributed by atoms with E-state index >= 15 is 0 Å². The van der Waals surface area contributed by atoms with Crippen LogP contribution in [0.25, 0.3) is 89.8 Å². The van der Waals surface area contributed by atoms with Gasteiger partial charge in [0.15, 0.2) is 0 Å². The molecule has 0 fully saturated rings. The number of hydrogen-bond donors (Lipinski definition) is 0. The summed E-state index contributed by atoms with van der Waals surface area (Å²) in [4.78, 5) is 11.2. The van der Waals surface area contributed by atoms with Crippen molar-refractivity contribution in [1.29, 1.82) is 0 Å². The van der Waals surface area contributed by atoms with E-state index < -0.39 is 0 Å². The van der Waals surface area contributed by atoms with Crippen molar-refractivity contribution in [2.75, 3.05) is 0 Å². The summed E-state index contributed by atoms with van der Waals surface area (Å²) in [6, 6.07) is 59.4. The minimum absolute atomic E-state index is 0.0517. The third-order valence-corrected chi connectivity index (χ3v) is 11.1. The molecule has 0 amide bonds. The molecule has 0 spiro atoms. The van der Waals surface area contributed by atoms with Gasteiger partial charge < -0.3 is 4.42 Å². The van der Waals surface area contributed by atoms with Crippen molar-refractivity contribution >= 4 is 11.0 Å². The molecule has 2 aromatic heterocycles. The number of nitrogens with zero attached hydrogens (tertiary/aromatic N) is 4. The average molecular weight is 767 g/mol. The van der Waals surface area contributed by atoms with Crippen LogP contribution in [0.4, 0.5) is 0 Å². The zero-order chi connectivity index (χ0) is 40.7. The van der Waals surface area contributed by atoms with E-state index in [0.29, 0.717) is 11.8 Å². The van der Waals surface area contributed by atoms with Crippen LogP contribution in [0.2, 0.25) is 0 Å². The summed E-state index contributed by atoms with van der Waals surface area (Å²) < 4.78 is 6.01. The highest BCUT2D eigenvalue weighted by Crippen LogP contribution is 2.40. The van der Waals surface area contributed by atoms with Crippen LogP contribution < -0.4 is 0 Å². The predicted molar refractivity (Wildman–Crippen MR) is 243 cm³/mol. The van der Waals surface area contributed by atoms with Crippen LogP contribution in [0, 0.1) is 0 Å². The summed E-state index contributed by atoms with van der Waals surface area (Å²) in [6.07, 6.45) is 0. The Kier molecular flexibility index (Phi) is 9.60. The lowest BCUT2D eigenvalue weighted by atomic mass is 9.85. The van der Waals surface area contributed by atoms with Crippen LogP contribution in [-0.4, -0.2) is 20.2 Å². The number of benzene rings is 7. The second-order valence-corrected chi connectivity index (χ2v) is 17.2. The van der Waals surface area contributed by atoms with Crippen molar-refractivity contribution < 1.29 is 4.42 Å². The molecule has 7 aromatic carbocycles. The van der Waals surface area contributed by atoms with E-state index in [1.54, 1.807) is 0 Å². The van der Waals surface area contributed by atoms with Gasteiger partial charge in [-0.15, -0.1) is 10.2 Å². The third-order valence-electron chi connectivity index (χ3n) is 11.1. The molecule has 0 bridgehead atoms. The van der Waals surface area contributed by atoms with E-state index in [-0.39, 0.29) is 10.8 Å². The van der Waals surface area contributed by atoms with Gasteiger partial charge in [-0.05, 0) is 68.5 Å². The van der Waals surface area contributed by atoms with E-state index in [4.69, 9.17) is 14.4 Å². The van der Waals surface area contributed by atoms with E-state index in [9.17, 15) is 0 Å². The quantitative estimate of drug-likeness (QED) is 0.162. The SMILES string of the molecule is CC(C)(C)c1ccc(-c2ccc(-c3ccc(C(C)(C)C)cc3)c3nc(-c4ccc(-c5ccc(-c6nnc(-c7ccccc7)o6)cc5)cc4)c(-c4ccccc4)nc23)cc1. The van der Waals surface area contributed by atoms with Gasteiger partial charge in [0.25, 0.3) is 0 Å². The molecular weight excluding hydrogens is 721 g/mol. The molecule has 0 saturated heterocycles. The molecule has 0 unspecified atom stereocenters. The van der Waals surface area contributed by atoms with Crippen LogP contribution >= 0.6 is 0 Å². The van der Waals surface area contributed by atoms with Gasteiger partial charge in [0.2, 0.25) is 11.8 Å². The molecule has 288 valence electrons. The molecule has 59 heavy (non-hydrogen) atoms. The highest BCUT2D eigenvalue weighted by atomic mass is 16.4. The molecule has 0 saturated carbocycles. The highest BCUT2D eigenvalue weighted by molar-refractivity contribution is 6.03. The van der Waals surface area contributed by atoms with Crippen LogP contribution in [0.15, 0.2) is 174 Å². The van der Waals surface area contributed by atoms with Crippen molar-refractivity contribution in [1.82, 2.24) is 20.2 Å². The molecule has 0 aliphatic rings. The van der Waals surface area contributed by atoms with E-state index in [1.807, 2.05) is 48.5 Å². The van der Waals surface area contributed by atoms with Crippen LogP contribution in [0.1, 0.15) is 52.7 Å². The van der Waals surface area contributed by atoms with Gasteiger partial charge in [-0.25, -0.2) is 9.97 Å². The van der Waals surface area contributed by atoms with E-state index in [2.05, 4.69) is 173 Å². The maximum atomic E-state index is 6.01. The standard InChI is InChI=1S/C54H46N4O/c1-53(2,3)43-29-25-37(26-30-43)45-33-34-46(38-27-31-44(32-28-38)54(4,5)6)50-49(45)55-47(39-13-9-7-10-14-39)48(56-50)40-21-17-35(18-22-40)36-19-23-42(24-20-36)52-58-57-51(59-52)41-15-11-8-12-16-41/h7-34H,1-6H3. The molecule has 5 nitrogen and oxygen atoms in total. The predicted octanol–water partition coefficient (Wildman–Crippen LogP) is 14.3. The van der Waals surface area contributed by atoms with Crippen LogP contribution in [0.3, 0.4) is 0 Å². The van der Waals surface area contributed by atoms with Gasteiger partial charge in [0.05, 0.1) is 22.4 Å². The summed E-state index contributed by atoms with van der Waals surface area (Å²) in [6.45, 7) is 13.5. The molecule has 0 radical (unpaired) electrons. The minimum atomic E-state index is 0.0517. The summed E-state index contributed by atoms with van der Waals surface area (Å²) in [5, 5.41) is 8.58. The first-order valence-electron chi connectivity index (χ1n) is 20.2. The molecule has 2 heterocycles. The Bertz CT molecular complexity index is 2880. The van der Waals surface area contributed by atoms with Crippen LogP contribution in [0.5, 0.6) is 0 Å². The van der Waals surface area contributed by atoms with Gasteiger partial charge in [0.1, 0.15) is 0 Å². The monoisotopic (exact) mass is 766 g/mol. The second-order valence-electron chi connectivity index (χ2n) is 17.2. The molecule has 0 aliphatic heterocycles. The number of rotatable bonds is 7. The molecule has 9 aromatic rings. The largest absolute Gasteiger partial charge is 0.416 e.